The molecule has 0 saturated heterocycles. The van der Waals surface area contributed by atoms with Crippen LogP contribution in [0.2, 0.25) is 5.02 Å². The zero-order valence-electron chi connectivity index (χ0n) is 11.0. The summed E-state index contributed by atoms with van der Waals surface area (Å²) in [6, 6.07) is 11.5. The molecule has 0 fully saturated rings. The maximum Gasteiger partial charge on any atom is 0.339 e. The molecular weight excluding hydrogens is 358 g/mol. The van der Waals surface area contributed by atoms with Gasteiger partial charge in [-0.3, -0.25) is 4.79 Å². The molecule has 0 saturated carbocycles. The molecule has 4 nitrogen and oxygen atoms in total. The molecule has 2 rings (SSSR count). The molecule has 0 spiro atoms. The second-order valence-electron chi connectivity index (χ2n) is 4.15. The third kappa shape index (κ3) is 3.83. The van der Waals surface area contributed by atoms with Gasteiger partial charge in [0.05, 0.1) is 18.4 Å². The zero-order chi connectivity index (χ0) is 15.4. The molecule has 1 N–H and O–H groups in total. The van der Waals surface area contributed by atoms with Crippen LogP contribution in [0.5, 0.6) is 0 Å². The van der Waals surface area contributed by atoms with Crippen molar-refractivity contribution in [3.63, 3.8) is 0 Å². The first-order valence-corrected chi connectivity index (χ1v) is 7.13. The molecule has 108 valence electrons. The molecule has 2 aromatic carbocycles. The fourth-order valence-electron chi connectivity index (χ4n) is 1.76. The Morgan fingerprint density at radius 2 is 1.90 bits per heavy atom. The molecule has 0 atom stereocenters. The molecular formula is C15H11BrClNO3. The van der Waals surface area contributed by atoms with Gasteiger partial charge in [0.15, 0.2) is 0 Å². The number of methoxy groups -OCH3 is 1. The van der Waals surface area contributed by atoms with E-state index in [1.165, 1.54) is 7.11 Å². The predicted octanol–water partition coefficient (Wildman–Crippen LogP) is 4.14. The minimum Gasteiger partial charge on any atom is -0.465 e. The Kier molecular flexibility index (Phi) is 4.98. The largest absolute Gasteiger partial charge is 0.465 e. The summed E-state index contributed by atoms with van der Waals surface area (Å²) < 4.78 is 5.38. The normalized spacial score (nSPS) is 10.0. The van der Waals surface area contributed by atoms with Gasteiger partial charge in [-0.2, -0.15) is 0 Å². The van der Waals surface area contributed by atoms with Crippen molar-refractivity contribution in [1.29, 1.82) is 0 Å². The molecule has 0 aliphatic rings. The van der Waals surface area contributed by atoms with Crippen LogP contribution in [0, 0.1) is 0 Å². The van der Waals surface area contributed by atoms with Gasteiger partial charge in [0.25, 0.3) is 5.91 Å². The molecule has 0 aliphatic carbocycles. The Balaban J connectivity index is 2.30. The number of carbonyl (C=O) groups is 2. The highest BCUT2D eigenvalue weighted by atomic mass is 79.9. The number of hydrogen-bond donors (Lipinski definition) is 1. The first-order chi connectivity index (χ1) is 10.0. The minimum absolute atomic E-state index is 0.287. The van der Waals surface area contributed by atoms with Gasteiger partial charge in [0.1, 0.15) is 0 Å². The average Bonchev–Trinajstić information content (AvgIpc) is 2.46. The van der Waals surface area contributed by atoms with Crippen molar-refractivity contribution in [1.82, 2.24) is 0 Å². The number of anilines is 1. The third-order valence-electron chi connectivity index (χ3n) is 2.71. The smallest absolute Gasteiger partial charge is 0.339 e. The number of para-hydroxylation sites is 1. The van der Waals surface area contributed by atoms with Crippen molar-refractivity contribution in [2.24, 2.45) is 0 Å². The Morgan fingerprint density at radius 3 is 2.57 bits per heavy atom. The van der Waals surface area contributed by atoms with Gasteiger partial charge in [-0.25, -0.2) is 4.79 Å². The van der Waals surface area contributed by atoms with Gasteiger partial charge in [0, 0.05) is 15.1 Å². The summed E-state index contributed by atoms with van der Waals surface area (Å²) in [5.74, 6) is -0.882. The lowest BCUT2D eigenvalue weighted by Gasteiger charge is -2.10. The summed E-state index contributed by atoms with van der Waals surface area (Å²) in [4.78, 5) is 23.9. The van der Waals surface area contributed by atoms with Crippen LogP contribution in [-0.2, 0) is 4.74 Å². The number of carbonyl (C=O) groups excluding carboxylic acids is 2. The molecule has 21 heavy (non-hydrogen) atoms. The highest BCUT2D eigenvalue weighted by molar-refractivity contribution is 9.10. The Hall–Kier alpha value is -1.85. The second-order valence-corrected chi connectivity index (χ2v) is 5.50. The number of nitrogens with one attached hydrogen (secondary N) is 1. The topological polar surface area (TPSA) is 55.4 Å². The molecule has 0 radical (unpaired) electrons. The lowest BCUT2D eigenvalue weighted by atomic mass is 10.1. The van der Waals surface area contributed by atoms with Crippen molar-refractivity contribution in [3.05, 3.63) is 63.1 Å². The van der Waals surface area contributed by atoms with Crippen molar-refractivity contribution in [2.45, 2.75) is 0 Å². The molecule has 0 aromatic heterocycles. The van der Waals surface area contributed by atoms with Crippen LogP contribution in [0.25, 0.3) is 0 Å². The number of amides is 1. The van der Waals surface area contributed by atoms with Gasteiger partial charge in [-0.15, -0.1) is 0 Å². The van der Waals surface area contributed by atoms with Crippen LogP contribution < -0.4 is 5.32 Å². The molecule has 0 bridgehead atoms. The molecule has 0 heterocycles. The van der Waals surface area contributed by atoms with E-state index < -0.39 is 5.97 Å². The van der Waals surface area contributed by atoms with E-state index in [1.807, 2.05) is 0 Å². The number of benzene rings is 2. The first-order valence-electron chi connectivity index (χ1n) is 5.96. The summed E-state index contributed by atoms with van der Waals surface area (Å²) in [6.07, 6.45) is 0. The fourth-order valence-corrected chi connectivity index (χ4v) is 2.62. The number of halogens is 2. The zero-order valence-corrected chi connectivity index (χ0v) is 13.4. The standard InChI is InChI=1S/C15H11BrClNO3/c1-21-15(20)12-4-2-3-5-13(12)18-14(19)9-6-10(16)8-11(17)7-9/h2-8H,1H3,(H,18,19). The maximum absolute atomic E-state index is 12.2. The van der Waals surface area contributed by atoms with Crippen LogP contribution in [0.4, 0.5) is 5.69 Å². The van der Waals surface area contributed by atoms with Crippen molar-refractivity contribution in [3.8, 4) is 0 Å². The average molecular weight is 369 g/mol. The fraction of sp³-hybridized carbons (Fsp3) is 0.0667. The lowest BCUT2D eigenvalue weighted by Crippen LogP contribution is -2.15. The van der Waals surface area contributed by atoms with Gasteiger partial charge in [-0.05, 0) is 30.3 Å². The molecule has 1 amide bonds. The van der Waals surface area contributed by atoms with E-state index in [0.717, 1.165) is 0 Å². The van der Waals surface area contributed by atoms with Crippen molar-refractivity contribution >= 4 is 45.1 Å². The number of ether oxygens (including phenoxy) is 1. The summed E-state index contributed by atoms with van der Waals surface area (Å²) in [6.45, 7) is 0. The maximum atomic E-state index is 12.2. The van der Waals surface area contributed by atoms with E-state index in [2.05, 4.69) is 26.0 Å². The summed E-state index contributed by atoms with van der Waals surface area (Å²) >= 11 is 9.19. The third-order valence-corrected chi connectivity index (χ3v) is 3.38. The van der Waals surface area contributed by atoms with Gasteiger partial charge in [0.2, 0.25) is 0 Å². The van der Waals surface area contributed by atoms with Gasteiger partial charge in [-0.1, -0.05) is 39.7 Å². The highest BCUT2D eigenvalue weighted by Crippen LogP contribution is 2.22. The SMILES string of the molecule is COC(=O)c1ccccc1NC(=O)c1cc(Cl)cc(Br)c1. The number of hydrogen-bond acceptors (Lipinski definition) is 3. The van der Waals surface area contributed by atoms with E-state index in [9.17, 15) is 9.59 Å². The van der Waals surface area contributed by atoms with Crippen molar-refractivity contribution < 1.29 is 14.3 Å². The predicted molar refractivity (Wildman–Crippen MR) is 84.9 cm³/mol. The minimum atomic E-state index is -0.516. The number of rotatable bonds is 3. The highest BCUT2D eigenvalue weighted by Gasteiger charge is 2.14. The van der Waals surface area contributed by atoms with E-state index in [1.54, 1.807) is 42.5 Å². The van der Waals surface area contributed by atoms with E-state index in [0.29, 0.717) is 20.7 Å². The summed E-state index contributed by atoms with van der Waals surface area (Å²) in [7, 11) is 1.29. The van der Waals surface area contributed by atoms with Crippen LogP contribution >= 0.6 is 27.5 Å². The van der Waals surface area contributed by atoms with Crippen LogP contribution in [0.15, 0.2) is 46.9 Å². The van der Waals surface area contributed by atoms with Crippen LogP contribution in [0.1, 0.15) is 20.7 Å². The Bertz CT molecular complexity index is 683. The molecule has 6 heteroatoms. The monoisotopic (exact) mass is 367 g/mol. The Labute approximate surface area is 135 Å². The summed E-state index contributed by atoms with van der Waals surface area (Å²) in [5, 5.41) is 3.12. The van der Waals surface area contributed by atoms with E-state index in [-0.39, 0.29) is 11.5 Å². The van der Waals surface area contributed by atoms with Crippen molar-refractivity contribution in [2.75, 3.05) is 12.4 Å². The van der Waals surface area contributed by atoms with Crippen LogP contribution in [-0.4, -0.2) is 19.0 Å². The van der Waals surface area contributed by atoms with E-state index >= 15 is 0 Å². The first kappa shape index (κ1) is 15.5. The Morgan fingerprint density at radius 1 is 1.19 bits per heavy atom. The summed E-state index contributed by atoms with van der Waals surface area (Å²) in [5.41, 5.74) is 1.05. The molecule has 2 aromatic rings. The number of esters is 1. The van der Waals surface area contributed by atoms with Gasteiger partial charge >= 0.3 is 5.97 Å². The van der Waals surface area contributed by atoms with Crippen LogP contribution in [0.3, 0.4) is 0 Å². The van der Waals surface area contributed by atoms with Gasteiger partial charge < -0.3 is 10.1 Å². The quantitative estimate of drug-likeness (QED) is 0.828. The lowest BCUT2D eigenvalue weighted by molar-refractivity contribution is 0.0602. The molecule has 0 unspecified atom stereocenters. The van der Waals surface area contributed by atoms with E-state index in [4.69, 9.17) is 11.6 Å². The molecule has 0 aliphatic heterocycles. The second kappa shape index (κ2) is 6.74.